The number of carbonyl (C=O) groups is 1. The van der Waals surface area contributed by atoms with Gasteiger partial charge in [-0.15, -0.1) is 11.3 Å². The normalized spacial score (nSPS) is 10.8. The Morgan fingerprint density at radius 1 is 1.22 bits per heavy atom. The molecule has 0 radical (unpaired) electrons. The summed E-state index contributed by atoms with van der Waals surface area (Å²) in [6.07, 6.45) is 5.21. The van der Waals surface area contributed by atoms with E-state index in [1.54, 1.807) is 23.0 Å². The lowest BCUT2D eigenvalue weighted by Crippen LogP contribution is -2.15. The van der Waals surface area contributed by atoms with Gasteiger partial charge in [0.05, 0.1) is 5.39 Å². The highest BCUT2D eigenvalue weighted by Crippen LogP contribution is 2.34. The second-order valence-electron chi connectivity index (χ2n) is 8.35. The van der Waals surface area contributed by atoms with E-state index in [9.17, 15) is 9.59 Å². The van der Waals surface area contributed by atoms with E-state index in [4.69, 9.17) is 4.74 Å². The molecule has 0 saturated heterocycles. The predicted molar refractivity (Wildman–Crippen MR) is 137 cm³/mol. The van der Waals surface area contributed by atoms with Crippen LogP contribution in [-0.2, 0) is 23.0 Å². The molecule has 0 unspecified atom stereocenters. The van der Waals surface area contributed by atoms with Crippen molar-refractivity contribution in [3.63, 3.8) is 0 Å². The largest absolute Gasteiger partial charge is 0.381 e. The highest BCUT2D eigenvalue weighted by Gasteiger charge is 2.13. The fourth-order valence-corrected chi connectivity index (χ4v) is 4.33. The van der Waals surface area contributed by atoms with Gasteiger partial charge in [-0.25, -0.2) is 0 Å². The van der Waals surface area contributed by atoms with Crippen LogP contribution >= 0.6 is 11.3 Å². The number of ether oxygens (including phenoxy) is 1. The van der Waals surface area contributed by atoms with E-state index in [2.05, 4.69) is 33.0 Å². The summed E-state index contributed by atoms with van der Waals surface area (Å²) < 4.78 is 7.96. The SMILES string of the molecule is CCCCOCC(C)C.CCc1cc2c(=O)n(C)cc(-c3cccc(NC(C)=O)c3)c2s1. The molecular weight excluding hydrogens is 420 g/mol. The van der Waals surface area contributed by atoms with E-state index in [1.807, 2.05) is 36.5 Å². The maximum Gasteiger partial charge on any atom is 0.259 e. The number of amides is 1. The number of pyridine rings is 1. The van der Waals surface area contributed by atoms with Crippen molar-refractivity contribution in [1.82, 2.24) is 4.57 Å². The quantitative estimate of drug-likeness (QED) is 0.408. The first kappa shape index (κ1) is 25.8. The Balaban J connectivity index is 0.000000344. The Kier molecular flexibility index (Phi) is 10.1. The number of fused-ring (bicyclic) bond motifs is 1. The lowest BCUT2D eigenvalue weighted by atomic mass is 10.1. The number of carbonyl (C=O) groups excluding carboxylic acids is 1. The molecule has 32 heavy (non-hydrogen) atoms. The minimum atomic E-state index is -0.0999. The maximum absolute atomic E-state index is 12.4. The number of nitrogens with zero attached hydrogens (tertiary/aromatic N) is 1. The number of thiophene rings is 1. The molecular formula is C26H36N2O3S. The summed E-state index contributed by atoms with van der Waals surface area (Å²) in [4.78, 5) is 24.8. The third-order valence-corrected chi connectivity index (χ3v) is 6.15. The van der Waals surface area contributed by atoms with Gasteiger partial charge >= 0.3 is 0 Å². The Morgan fingerprint density at radius 3 is 2.59 bits per heavy atom. The molecule has 2 aromatic heterocycles. The molecule has 0 atom stereocenters. The number of anilines is 1. The molecule has 1 N–H and O–H groups in total. The number of aromatic nitrogens is 1. The summed E-state index contributed by atoms with van der Waals surface area (Å²) in [6.45, 7) is 12.0. The van der Waals surface area contributed by atoms with Crippen molar-refractivity contribution in [2.75, 3.05) is 18.5 Å². The molecule has 0 aliphatic heterocycles. The summed E-state index contributed by atoms with van der Waals surface area (Å²) in [5, 5.41) is 3.56. The van der Waals surface area contributed by atoms with Crippen LogP contribution in [0.15, 0.2) is 41.3 Å². The summed E-state index contributed by atoms with van der Waals surface area (Å²) >= 11 is 1.66. The smallest absolute Gasteiger partial charge is 0.259 e. The summed E-state index contributed by atoms with van der Waals surface area (Å²) in [6, 6.07) is 9.69. The molecule has 3 aromatic rings. The van der Waals surface area contributed by atoms with E-state index in [0.29, 0.717) is 5.92 Å². The molecule has 0 spiro atoms. The van der Waals surface area contributed by atoms with Crippen LogP contribution in [0.1, 0.15) is 52.3 Å². The van der Waals surface area contributed by atoms with Crippen molar-refractivity contribution >= 4 is 33.0 Å². The average molecular weight is 457 g/mol. The van der Waals surface area contributed by atoms with Crippen molar-refractivity contribution in [2.45, 2.75) is 53.9 Å². The first-order valence-corrected chi connectivity index (χ1v) is 12.2. The van der Waals surface area contributed by atoms with Gasteiger partial charge < -0.3 is 14.6 Å². The van der Waals surface area contributed by atoms with Gasteiger partial charge in [-0.1, -0.05) is 46.2 Å². The molecule has 3 rings (SSSR count). The van der Waals surface area contributed by atoms with Gasteiger partial charge in [0.1, 0.15) is 0 Å². The molecule has 174 valence electrons. The first-order chi connectivity index (χ1) is 15.3. The fourth-order valence-electron chi connectivity index (χ4n) is 3.21. The molecule has 0 aliphatic rings. The Morgan fingerprint density at radius 2 is 1.97 bits per heavy atom. The Hall–Kier alpha value is -2.44. The van der Waals surface area contributed by atoms with Crippen LogP contribution in [0.5, 0.6) is 0 Å². The number of benzene rings is 1. The molecule has 0 aliphatic carbocycles. The van der Waals surface area contributed by atoms with E-state index < -0.39 is 0 Å². The van der Waals surface area contributed by atoms with Crippen LogP contribution in [-0.4, -0.2) is 23.7 Å². The zero-order valence-electron chi connectivity index (χ0n) is 20.2. The Bertz CT molecular complexity index is 1080. The molecule has 0 saturated carbocycles. The van der Waals surface area contributed by atoms with Gasteiger partial charge in [0, 0.05) is 54.2 Å². The fraction of sp³-hybridized carbons (Fsp3) is 0.462. The summed E-state index contributed by atoms with van der Waals surface area (Å²) in [7, 11) is 1.77. The van der Waals surface area contributed by atoms with Gasteiger partial charge in [-0.05, 0) is 42.5 Å². The maximum atomic E-state index is 12.4. The van der Waals surface area contributed by atoms with Crippen molar-refractivity contribution < 1.29 is 9.53 Å². The monoisotopic (exact) mass is 456 g/mol. The zero-order valence-corrected chi connectivity index (χ0v) is 21.0. The van der Waals surface area contributed by atoms with Crippen LogP contribution in [0, 0.1) is 5.92 Å². The lowest BCUT2D eigenvalue weighted by Gasteiger charge is -2.09. The minimum Gasteiger partial charge on any atom is -0.381 e. The predicted octanol–water partition coefficient (Wildman–Crippen LogP) is 6.25. The average Bonchev–Trinajstić information content (AvgIpc) is 3.19. The van der Waals surface area contributed by atoms with Gasteiger partial charge in [-0.2, -0.15) is 0 Å². The summed E-state index contributed by atoms with van der Waals surface area (Å²) in [5.41, 5.74) is 2.78. The van der Waals surface area contributed by atoms with E-state index in [1.165, 1.54) is 24.6 Å². The molecule has 2 heterocycles. The molecule has 1 aromatic carbocycles. The van der Waals surface area contributed by atoms with Gasteiger partial charge in [0.25, 0.3) is 5.56 Å². The number of rotatable bonds is 8. The van der Waals surface area contributed by atoms with Gasteiger partial charge in [0.2, 0.25) is 5.91 Å². The third-order valence-electron chi connectivity index (χ3n) is 4.84. The standard InChI is InChI=1S/C18H18N2O2S.C8H18O/c1-4-14-9-15-17(23-14)16(10-20(3)18(15)22)12-6-5-7-13(8-12)19-11(2)21;1-4-5-6-9-7-8(2)3/h5-10H,4H2,1-3H3,(H,19,21);8H,4-7H2,1-3H3. The number of unbranched alkanes of at least 4 members (excludes halogenated alkanes) is 1. The van der Waals surface area contributed by atoms with Gasteiger partial charge in [-0.3, -0.25) is 9.59 Å². The highest BCUT2D eigenvalue weighted by molar-refractivity contribution is 7.19. The Labute approximate surface area is 195 Å². The van der Waals surface area contributed by atoms with Crippen LogP contribution < -0.4 is 10.9 Å². The first-order valence-electron chi connectivity index (χ1n) is 11.3. The van der Waals surface area contributed by atoms with Crippen molar-refractivity contribution in [1.29, 1.82) is 0 Å². The van der Waals surface area contributed by atoms with E-state index >= 15 is 0 Å². The lowest BCUT2D eigenvalue weighted by molar-refractivity contribution is -0.114. The van der Waals surface area contributed by atoms with E-state index in [-0.39, 0.29) is 11.5 Å². The van der Waals surface area contributed by atoms with E-state index in [0.717, 1.165) is 46.5 Å². The molecule has 0 bridgehead atoms. The third kappa shape index (κ3) is 7.31. The number of nitrogens with one attached hydrogen (secondary N) is 1. The zero-order chi connectivity index (χ0) is 23.7. The molecule has 6 heteroatoms. The van der Waals surface area contributed by atoms with Crippen LogP contribution in [0.25, 0.3) is 21.2 Å². The van der Waals surface area contributed by atoms with Gasteiger partial charge in [0.15, 0.2) is 0 Å². The number of hydrogen-bond acceptors (Lipinski definition) is 4. The topological polar surface area (TPSA) is 60.3 Å². The van der Waals surface area contributed by atoms with Crippen molar-refractivity contribution in [3.05, 3.63) is 51.8 Å². The molecule has 5 nitrogen and oxygen atoms in total. The van der Waals surface area contributed by atoms with Crippen LogP contribution in [0.2, 0.25) is 0 Å². The highest BCUT2D eigenvalue weighted by atomic mass is 32.1. The molecule has 0 fully saturated rings. The molecule has 1 amide bonds. The van der Waals surface area contributed by atoms with Crippen molar-refractivity contribution in [3.8, 4) is 11.1 Å². The van der Waals surface area contributed by atoms with Crippen LogP contribution in [0.3, 0.4) is 0 Å². The van der Waals surface area contributed by atoms with Crippen molar-refractivity contribution in [2.24, 2.45) is 13.0 Å². The van der Waals surface area contributed by atoms with Crippen LogP contribution in [0.4, 0.5) is 5.69 Å². The second-order valence-corrected chi connectivity index (χ2v) is 9.49. The minimum absolute atomic E-state index is 0.0257. The second kappa shape index (κ2) is 12.6. The number of hydrogen-bond donors (Lipinski definition) is 1. The summed E-state index contributed by atoms with van der Waals surface area (Å²) in [5.74, 6) is 0.582. The number of aryl methyl sites for hydroxylation is 2.